The number of aliphatic imine (C=N–C) groups is 1. The van der Waals surface area contributed by atoms with E-state index in [1.54, 1.807) is 25.4 Å². The number of carbonyl (C=O) groups excluding carboxylic acids is 1. The Bertz CT molecular complexity index is 1220. The Morgan fingerprint density at radius 3 is 2.74 bits per heavy atom. The number of hydrogen-bond donors (Lipinski definition) is 2. The van der Waals surface area contributed by atoms with Gasteiger partial charge in [0, 0.05) is 24.3 Å². The molecule has 1 saturated heterocycles. The molecule has 1 amide bonds. The maximum Gasteiger partial charge on any atom is 0.416 e. The number of nitrogens with one attached hydrogen (secondary N) is 1. The van der Waals surface area contributed by atoms with E-state index in [1.807, 2.05) is 23.2 Å². The molecule has 0 unspecified atom stereocenters. The summed E-state index contributed by atoms with van der Waals surface area (Å²) in [6, 6.07) is 6.17. The molecule has 34 heavy (non-hydrogen) atoms. The second kappa shape index (κ2) is 8.28. The lowest BCUT2D eigenvalue weighted by Gasteiger charge is -2.28. The average molecular weight is 469 g/mol. The molecule has 0 saturated carbocycles. The number of halogens is 3. The van der Waals surface area contributed by atoms with Crippen LogP contribution in [0.15, 0.2) is 65.6 Å². The molecule has 3 aliphatic heterocycles. The van der Waals surface area contributed by atoms with Gasteiger partial charge in [-0.3, -0.25) is 14.8 Å². The molecule has 0 aliphatic carbocycles. The number of hydrogen-bond acceptors (Lipinski definition) is 6. The molecule has 2 aromatic rings. The van der Waals surface area contributed by atoms with Crippen LogP contribution in [0.2, 0.25) is 0 Å². The molecule has 1 fully saturated rings. The van der Waals surface area contributed by atoms with Crippen molar-refractivity contribution in [1.29, 1.82) is 0 Å². The predicted octanol–water partition coefficient (Wildman–Crippen LogP) is 3.32. The Labute approximate surface area is 193 Å². The van der Waals surface area contributed by atoms with Crippen LogP contribution in [-0.4, -0.2) is 46.9 Å². The van der Waals surface area contributed by atoms with E-state index in [0.717, 1.165) is 23.3 Å². The molecule has 0 bridgehead atoms. The topological polar surface area (TPSA) is 92.8 Å². The molecule has 3 aliphatic rings. The van der Waals surface area contributed by atoms with E-state index >= 15 is 0 Å². The van der Waals surface area contributed by atoms with Crippen molar-refractivity contribution >= 4 is 23.0 Å². The Kier molecular flexibility index (Phi) is 5.40. The molecule has 176 valence electrons. The maximum absolute atomic E-state index is 13.4. The minimum atomic E-state index is -4.54. The van der Waals surface area contributed by atoms with Crippen molar-refractivity contribution in [2.75, 3.05) is 18.9 Å². The summed E-state index contributed by atoms with van der Waals surface area (Å²) in [5, 5.41) is 2.81. The number of nitrogens with two attached hydrogens (primary N) is 1. The highest BCUT2D eigenvalue weighted by Gasteiger charge is 2.43. The van der Waals surface area contributed by atoms with Crippen LogP contribution >= 0.6 is 0 Å². The van der Waals surface area contributed by atoms with Crippen LogP contribution in [0, 0.1) is 0 Å². The van der Waals surface area contributed by atoms with Gasteiger partial charge in [-0.05, 0) is 60.0 Å². The van der Waals surface area contributed by atoms with Crippen molar-refractivity contribution in [1.82, 2.24) is 15.2 Å². The molecular weight excluding hydrogens is 447 g/mol. The zero-order valence-corrected chi connectivity index (χ0v) is 18.2. The molecule has 5 rings (SSSR count). The second-order valence-electron chi connectivity index (χ2n) is 8.49. The van der Waals surface area contributed by atoms with Gasteiger partial charge in [0.2, 0.25) is 0 Å². The number of amides is 1. The summed E-state index contributed by atoms with van der Waals surface area (Å²) in [5.41, 5.74) is 7.10. The highest BCUT2D eigenvalue weighted by Crippen LogP contribution is 2.35. The van der Waals surface area contributed by atoms with Crippen molar-refractivity contribution in [3.8, 4) is 0 Å². The first kappa shape index (κ1) is 22.1. The van der Waals surface area contributed by atoms with Gasteiger partial charge in [0.05, 0.1) is 42.5 Å². The van der Waals surface area contributed by atoms with Gasteiger partial charge in [0.25, 0.3) is 5.91 Å². The summed E-state index contributed by atoms with van der Waals surface area (Å²) in [6.45, 7) is 2.58. The number of nitrogen functional groups attached to an aromatic ring is 1. The van der Waals surface area contributed by atoms with E-state index in [9.17, 15) is 18.0 Å². The zero-order valence-electron chi connectivity index (χ0n) is 18.2. The molecule has 1 aromatic heterocycles. The summed E-state index contributed by atoms with van der Waals surface area (Å²) in [4.78, 5) is 24.1. The third-order valence-electron chi connectivity index (χ3n) is 6.14. The molecule has 7 nitrogen and oxygen atoms in total. The van der Waals surface area contributed by atoms with Gasteiger partial charge in [-0.15, -0.1) is 0 Å². The van der Waals surface area contributed by atoms with E-state index in [1.165, 1.54) is 6.07 Å². The highest BCUT2D eigenvalue weighted by atomic mass is 19.4. The number of fused-ring (bicyclic) bond motifs is 3. The van der Waals surface area contributed by atoms with E-state index in [-0.39, 0.29) is 23.3 Å². The van der Waals surface area contributed by atoms with Crippen LogP contribution in [0.3, 0.4) is 0 Å². The minimum absolute atomic E-state index is 0.0102. The van der Waals surface area contributed by atoms with E-state index in [0.29, 0.717) is 24.6 Å². The summed E-state index contributed by atoms with van der Waals surface area (Å²) >= 11 is 0. The normalized spacial score (nSPS) is 22.4. The molecule has 3 atom stereocenters. The Hall–Kier alpha value is -3.66. The molecule has 3 N–H and O–H groups in total. The average Bonchev–Trinajstić information content (AvgIpc) is 3.39. The van der Waals surface area contributed by atoms with Gasteiger partial charge < -0.3 is 20.7 Å². The van der Waals surface area contributed by atoms with E-state index in [4.69, 9.17) is 15.5 Å². The lowest BCUT2D eigenvalue weighted by molar-refractivity contribution is -0.137. The number of rotatable bonds is 4. The van der Waals surface area contributed by atoms with Gasteiger partial charge in [-0.1, -0.05) is 0 Å². The fourth-order valence-corrected chi connectivity index (χ4v) is 4.39. The van der Waals surface area contributed by atoms with Crippen molar-refractivity contribution in [2.45, 2.75) is 31.2 Å². The Morgan fingerprint density at radius 1 is 1.24 bits per heavy atom. The zero-order chi connectivity index (χ0) is 24.0. The monoisotopic (exact) mass is 469 g/mol. The van der Waals surface area contributed by atoms with Crippen LogP contribution < -0.4 is 11.1 Å². The fourth-order valence-electron chi connectivity index (χ4n) is 4.39. The van der Waals surface area contributed by atoms with E-state index < -0.39 is 23.7 Å². The number of ether oxygens (including phenoxy) is 1. The minimum Gasteiger partial charge on any atom is -0.399 e. The van der Waals surface area contributed by atoms with Crippen molar-refractivity contribution in [2.24, 2.45) is 4.99 Å². The van der Waals surface area contributed by atoms with Gasteiger partial charge in [0.15, 0.2) is 0 Å². The molecular formula is C24H22F3N5O2. The summed E-state index contributed by atoms with van der Waals surface area (Å²) in [5.74, 6) is 0.0946. The first-order valence-electron chi connectivity index (χ1n) is 10.8. The van der Waals surface area contributed by atoms with Gasteiger partial charge in [-0.2, -0.15) is 13.2 Å². The molecule has 1 aromatic carbocycles. The SMILES string of the molecule is C[C@@H](NC(=O)C1=CC(c2ccncc2)=CN2C1=N[C@@H]1COC[C@@H]12)c1cc(N)cc(C(F)(F)F)c1. The number of nitrogens with zero attached hydrogens (tertiary/aromatic N) is 3. The maximum atomic E-state index is 13.4. The third kappa shape index (κ3) is 4.05. The number of benzene rings is 1. The second-order valence-corrected chi connectivity index (χ2v) is 8.49. The molecule has 0 spiro atoms. The standard InChI is InChI=1S/C24H22F3N5O2/c1-13(15-6-17(24(25,26)27)9-18(28)7-15)30-23(33)19-8-16(14-2-4-29-5-3-14)10-32-21-12-34-11-20(21)31-22(19)32/h2-10,13,20-21H,11-12,28H2,1H3,(H,30,33)/t13-,20-,21+/m1/s1. The number of aromatic nitrogens is 1. The van der Waals surface area contributed by atoms with Crippen LogP contribution in [0.5, 0.6) is 0 Å². The van der Waals surface area contributed by atoms with Crippen LogP contribution in [0.25, 0.3) is 5.57 Å². The Morgan fingerprint density at radius 2 is 2.00 bits per heavy atom. The van der Waals surface area contributed by atoms with Gasteiger partial charge in [0.1, 0.15) is 5.84 Å². The lowest BCUT2D eigenvalue weighted by atomic mass is 9.98. The molecule has 10 heteroatoms. The summed E-state index contributed by atoms with van der Waals surface area (Å²) < 4.78 is 45.3. The number of allylic oxidation sites excluding steroid dienone is 2. The largest absolute Gasteiger partial charge is 0.416 e. The van der Waals surface area contributed by atoms with Gasteiger partial charge in [-0.25, -0.2) is 0 Å². The number of amidine groups is 1. The number of carbonyl (C=O) groups is 1. The van der Waals surface area contributed by atoms with Crippen LogP contribution in [-0.2, 0) is 15.7 Å². The first-order valence-corrected chi connectivity index (χ1v) is 10.8. The molecule has 4 heterocycles. The first-order chi connectivity index (χ1) is 16.2. The smallest absolute Gasteiger partial charge is 0.399 e. The van der Waals surface area contributed by atoms with Crippen LogP contribution in [0.1, 0.15) is 29.7 Å². The summed E-state index contributed by atoms with van der Waals surface area (Å²) in [7, 11) is 0. The summed E-state index contributed by atoms with van der Waals surface area (Å²) in [6.07, 6.45) is 2.48. The van der Waals surface area contributed by atoms with Crippen LogP contribution in [0.4, 0.5) is 18.9 Å². The van der Waals surface area contributed by atoms with Crippen molar-refractivity contribution in [3.05, 3.63) is 77.3 Å². The predicted molar refractivity (Wildman–Crippen MR) is 120 cm³/mol. The highest BCUT2D eigenvalue weighted by molar-refractivity contribution is 6.24. The van der Waals surface area contributed by atoms with Crippen molar-refractivity contribution < 1.29 is 22.7 Å². The van der Waals surface area contributed by atoms with E-state index in [2.05, 4.69) is 10.3 Å². The number of anilines is 1. The number of alkyl halides is 3. The quantitative estimate of drug-likeness (QED) is 0.671. The lowest BCUT2D eigenvalue weighted by Crippen LogP contribution is -2.41. The third-order valence-corrected chi connectivity index (χ3v) is 6.14. The van der Waals surface area contributed by atoms with Crippen molar-refractivity contribution in [3.63, 3.8) is 0 Å². The molecule has 0 radical (unpaired) electrons. The Balaban J connectivity index is 1.46. The van der Waals surface area contributed by atoms with Gasteiger partial charge >= 0.3 is 6.18 Å². The number of pyridine rings is 1. The fraction of sp³-hybridized carbons (Fsp3) is 0.292.